The molecule has 0 bridgehead atoms. The Balaban J connectivity index is 0.000000552. The number of hydrogen-bond donors (Lipinski definition) is 3. The van der Waals surface area contributed by atoms with Crippen molar-refractivity contribution in [1.29, 1.82) is 0 Å². The Morgan fingerprint density at radius 1 is 0.462 bits per heavy atom. The van der Waals surface area contributed by atoms with E-state index in [1.807, 2.05) is 91.0 Å². The summed E-state index contributed by atoms with van der Waals surface area (Å²) in [5, 5.41) is 21.5. The van der Waals surface area contributed by atoms with E-state index in [0.29, 0.717) is 17.2 Å². The van der Waals surface area contributed by atoms with Crippen LogP contribution in [0, 0.1) is 0 Å². The molecular weight excluding hydrogens is 334 g/mol. The van der Waals surface area contributed by atoms with Gasteiger partial charge in [-0.1, -0.05) is 54.6 Å². The molecule has 3 aromatic carbocycles. The second-order valence-corrected chi connectivity index (χ2v) is 4.93. The zero-order chi connectivity index (χ0) is 18.6. The predicted octanol–water partition coefficient (Wildman–Crippen LogP) is 2.16. The van der Waals surface area contributed by atoms with E-state index in [9.17, 15) is 0 Å². The van der Waals surface area contributed by atoms with Crippen LogP contribution in [-0.2, 0) is 0 Å². The van der Waals surface area contributed by atoms with Crippen molar-refractivity contribution in [3.8, 4) is 17.2 Å². The van der Waals surface area contributed by atoms with Gasteiger partial charge in [-0.2, -0.15) is 0 Å². The van der Waals surface area contributed by atoms with Crippen LogP contribution >= 0.6 is 0 Å². The molecular formula is C18H18B2O6. The molecule has 0 amide bonds. The fourth-order valence-corrected chi connectivity index (χ4v) is 1.90. The van der Waals surface area contributed by atoms with E-state index >= 15 is 0 Å². The van der Waals surface area contributed by atoms with Gasteiger partial charge in [0.15, 0.2) is 0 Å². The van der Waals surface area contributed by atoms with Crippen molar-refractivity contribution in [2.75, 3.05) is 0 Å². The SMILES string of the molecule is OB(O)O.c1ccc(OB(Oc2ccccc2)Oc2ccccc2)cc1. The molecule has 0 aliphatic rings. The smallest absolute Gasteiger partial charge is 0.490 e. The molecule has 0 atom stereocenters. The Bertz CT molecular complexity index is 627. The third-order valence-electron chi connectivity index (χ3n) is 2.93. The monoisotopic (exact) mass is 352 g/mol. The Hall–Kier alpha value is -2.93. The minimum atomic E-state index is -2.17. The number of benzene rings is 3. The summed E-state index contributed by atoms with van der Waals surface area (Å²) < 4.78 is 17.3. The molecule has 0 fully saturated rings. The van der Waals surface area contributed by atoms with Crippen molar-refractivity contribution < 1.29 is 29.0 Å². The Morgan fingerprint density at radius 2 is 0.692 bits per heavy atom. The normalized spacial score (nSPS) is 9.35. The molecule has 0 saturated carbocycles. The first kappa shape index (κ1) is 19.4. The number of rotatable bonds is 6. The van der Waals surface area contributed by atoms with Crippen LogP contribution in [0.4, 0.5) is 0 Å². The summed E-state index contributed by atoms with van der Waals surface area (Å²) in [5.41, 5.74) is 0. The molecule has 132 valence electrons. The first-order valence-electron chi connectivity index (χ1n) is 7.83. The molecule has 6 nitrogen and oxygen atoms in total. The quantitative estimate of drug-likeness (QED) is 0.590. The number of hydrogen-bond acceptors (Lipinski definition) is 6. The lowest BCUT2D eigenvalue weighted by Crippen LogP contribution is -2.36. The Kier molecular flexibility index (Phi) is 8.08. The van der Waals surface area contributed by atoms with Crippen molar-refractivity contribution >= 4 is 14.6 Å². The zero-order valence-corrected chi connectivity index (χ0v) is 13.9. The summed E-state index contributed by atoms with van der Waals surface area (Å²) in [6.45, 7) is 0. The highest BCUT2D eigenvalue weighted by Crippen LogP contribution is 2.17. The third-order valence-corrected chi connectivity index (χ3v) is 2.93. The van der Waals surface area contributed by atoms with Gasteiger partial charge in [-0.3, -0.25) is 0 Å². The molecule has 0 spiro atoms. The van der Waals surface area contributed by atoms with Crippen molar-refractivity contribution in [3.05, 3.63) is 91.0 Å². The molecule has 3 aromatic rings. The van der Waals surface area contributed by atoms with Crippen LogP contribution in [0.3, 0.4) is 0 Å². The lowest BCUT2D eigenvalue weighted by atomic mass is 10.2. The Labute approximate surface area is 152 Å². The molecule has 3 N–H and O–H groups in total. The first-order chi connectivity index (χ1) is 12.6. The second kappa shape index (κ2) is 10.8. The highest BCUT2D eigenvalue weighted by molar-refractivity contribution is 6.39. The molecule has 0 unspecified atom stereocenters. The molecule has 3 rings (SSSR count). The first-order valence-corrected chi connectivity index (χ1v) is 7.83. The van der Waals surface area contributed by atoms with Crippen molar-refractivity contribution in [1.82, 2.24) is 0 Å². The molecule has 8 heteroatoms. The zero-order valence-electron chi connectivity index (χ0n) is 13.9. The third kappa shape index (κ3) is 7.76. The van der Waals surface area contributed by atoms with Crippen molar-refractivity contribution in [3.63, 3.8) is 0 Å². The van der Waals surface area contributed by atoms with Gasteiger partial charge in [0.1, 0.15) is 17.2 Å². The van der Waals surface area contributed by atoms with Gasteiger partial charge in [0, 0.05) is 0 Å². The summed E-state index contributed by atoms with van der Waals surface area (Å²) in [4.78, 5) is 0. The van der Waals surface area contributed by atoms with Crippen LogP contribution in [0.5, 0.6) is 17.2 Å². The average Bonchev–Trinajstić information content (AvgIpc) is 2.64. The molecule has 0 saturated heterocycles. The predicted molar refractivity (Wildman–Crippen MR) is 99.4 cm³/mol. The van der Waals surface area contributed by atoms with Crippen LogP contribution in [0.1, 0.15) is 0 Å². The summed E-state index contributed by atoms with van der Waals surface area (Å²) in [6.07, 6.45) is 0. The largest absolute Gasteiger partial charge is 0.864 e. The standard InChI is InChI=1S/C18H15BO3.BH3O3/c1-4-10-16(11-5-1)20-19(21-17-12-6-2-7-13-17)22-18-14-8-3-9-15-18;2-1(3)4/h1-15H;2-4H. The maximum Gasteiger partial charge on any atom is 0.864 e. The van der Waals surface area contributed by atoms with Crippen molar-refractivity contribution in [2.45, 2.75) is 0 Å². The fraction of sp³-hybridized carbons (Fsp3) is 0. The van der Waals surface area contributed by atoms with Gasteiger partial charge < -0.3 is 29.0 Å². The van der Waals surface area contributed by atoms with Crippen LogP contribution in [0.2, 0.25) is 0 Å². The van der Waals surface area contributed by atoms with Gasteiger partial charge in [0.25, 0.3) is 0 Å². The lowest BCUT2D eigenvalue weighted by molar-refractivity contribution is 0.278. The highest BCUT2D eigenvalue weighted by Gasteiger charge is 2.29. The topological polar surface area (TPSA) is 88.4 Å². The highest BCUT2D eigenvalue weighted by atomic mass is 16.7. The fourth-order valence-electron chi connectivity index (χ4n) is 1.90. The van der Waals surface area contributed by atoms with Crippen LogP contribution in [-0.4, -0.2) is 29.7 Å². The van der Waals surface area contributed by atoms with Gasteiger partial charge >= 0.3 is 14.6 Å². The second-order valence-electron chi connectivity index (χ2n) is 4.93. The van der Waals surface area contributed by atoms with E-state index < -0.39 is 14.6 Å². The summed E-state index contributed by atoms with van der Waals surface area (Å²) >= 11 is 0. The Morgan fingerprint density at radius 3 is 0.923 bits per heavy atom. The molecule has 0 aromatic heterocycles. The number of para-hydroxylation sites is 3. The lowest BCUT2D eigenvalue weighted by Gasteiger charge is -2.16. The average molecular weight is 352 g/mol. The minimum absolute atomic E-state index is 0.680. The molecule has 0 aliphatic heterocycles. The van der Waals surface area contributed by atoms with Gasteiger partial charge in [-0.15, -0.1) is 0 Å². The van der Waals surface area contributed by atoms with Crippen LogP contribution < -0.4 is 14.0 Å². The van der Waals surface area contributed by atoms with E-state index in [1.54, 1.807) is 0 Å². The van der Waals surface area contributed by atoms with Crippen molar-refractivity contribution in [2.24, 2.45) is 0 Å². The van der Waals surface area contributed by atoms with E-state index in [4.69, 9.17) is 29.0 Å². The summed E-state index contributed by atoms with van der Waals surface area (Å²) in [7, 11) is -3.04. The van der Waals surface area contributed by atoms with E-state index in [-0.39, 0.29) is 0 Å². The molecule has 0 heterocycles. The van der Waals surface area contributed by atoms with E-state index in [0.717, 1.165) is 0 Å². The van der Waals surface area contributed by atoms with Crippen LogP contribution in [0.25, 0.3) is 0 Å². The maximum absolute atomic E-state index is 7.17. The van der Waals surface area contributed by atoms with Crippen LogP contribution in [0.15, 0.2) is 91.0 Å². The molecule has 0 radical (unpaired) electrons. The summed E-state index contributed by atoms with van der Waals surface area (Å²) in [5.74, 6) is 2.04. The van der Waals surface area contributed by atoms with Gasteiger partial charge in [0.05, 0.1) is 0 Å². The van der Waals surface area contributed by atoms with Gasteiger partial charge in [-0.05, 0) is 36.4 Å². The maximum atomic E-state index is 7.17. The summed E-state index contributed by atoms with van der Waals surface area (Å²) in [6, 6.07) is 28.3. The van der Waals surface area contributed by atoms with E-state index in [1.165, 1.54) is 0 Å². The van der Waals surface area contributed by atoms with Gasteiger partial charge in [0.2, 0.25) is 0 Å². The minimum Gasteiger partial charge on any atom is -0.490 e. The van der Waals surface area contributed by atoms with Gasteiger partial charge in [-0.25, -0.2) is 0 Å². The molecule has 0 aliphatic carbocycles. The van der Waals surface area contributed by atoms with E-state index in [2.05, 4.69) is 0 Å². The molecule has 26 heavy (non-hydrogen) atoms.